The van der Waals surface area contributed by atoms with E-state index >= 15 is 0 Å². The lowest BCUT2D eigenvalue weighted by molar-refractivity contribution is -0.152. The third kappa shape index (κ3) is 5.20. The Morgan fingerprint density at radius 2 is 1.96 bits per heavy atom. The first-order valence-electron chi connectivity index (χ1n) is 17.6. The number of carbonyl (C=O) groups is 2. The molecule has 7 aliphatic rings. The Morgan fingerprint density at radius 3 is 2.71 bits per heavy atom. The fraction of sp³-hybridized carbons (Fsp3) is 0.475. The number of aliphatic hydroxyl groups excluding tert-OH is 1. The molecule has 10 atom stereocenters. The van der Waals surface area contributed by atoms with E-state index in [1.165, 1.54) is 25.8 Å². The number of esters is 2. The summed E-state index contributed by atoms with van der Waals surface area (Å²) in [4.78, 5) is 32.5. The SMILES string of the molecule is C=C[C@H]1C[N@]2CC[C@H]1C[C@H]2[C@H](O)c1ccnc2ccccc12.CC(=O)Oc1ccc2c3c1O[C@H]1[C@@H](OC(C)=O)C=C[C@H]4[C@@H](C2)N(C)CC[C@@]341. The fourth-order valence-corrected chi connectivity index (χ4v) is 10.0. The number of rotatable bonds is 5. The number of carbonyl (C=O) groups excluding carboxylic acids is 2. The molecule has 1 aromatic heterocycles. The molecule has 49 heavy (non-hydrogen) atoms. The topological polar surface area (TPSA) is 101 Å². The molecule has 2 aliphatic carbocycles. The number of ether oxygens (including phenoxy) is 3. The van der Waals surface area contributed by atoms with E-state index in [2.05, 4.69) is 52.7 Å². The highest BCUT2D eigenvalue weighted by Crippen LogP contribution is 2.62. The Hall–Kier alpha value is -4.05. The number of benzene rings is 2. The zero-order valence-electron chi connectivity index (χ0n) is 28.5. The molecule has 0 amide bonds. The van der Waals surface area contributed by atoms with Crippen molar-refractivity contribution >= 4 is 22.8 Å². The van der Waals surface area contributed by atoms with E-state index < -0.39 is 12.2 Å². The van der Waals surface area contributed by atoms with Crippen molar-refractivity contribution in [1.29, 1.82) is 0 Å². The molecule has 5 aliphatic heterocycles. The van der Waals surface area contributed by atoms with Gasteiger partial charge in [0.15, 0.2) is 17.6 Å². The number of hydrogen-bond donors (Lipinski definition) is 1. The molecule has 6 heterocycles. The zero-order valence-corrected chi connectivity index (χ0v) is 28.5. The van der Waals surface area contributed by atoms with Crippen molar-refractivity contribution in [1.82, 2.24) is 14.8 Å². The van der Waals surface area contributed by atoms with Crippen molar-refractivity contribution in [3.05, 3.63) is 90.2 Å². The molecule has 256 valence electrons. The van der Waals surface area contributed by atoms with Gasteiger partial charge in [0, 0.05) is 61.0 Å². The molecule has 4 fully saturated rings. The molecule has 3 aromatic rings. The third-order valence-electron chi connectivity index (χ3n) is 12.2. The second-order valence-corrected chi connectivity index (χ2v) is 14.7. The van der Waals surface area contributed by atoms with Crippen molar-refractivity contribution in [2.45, 2.75) is 75.3 Å². The molecule has 1 spiro atoms. The molecular formula is C40H45N3O6. The van der Waals surface area contributed by atoms with Crippen molar-refractivity contribution in [2.75, 3.05) is 26.7 Å². The molecule has 4 bridgehead atoms. The number of para-hydroxylation sites is 1. The summed E-state index contributed by atoms with van der Waals surface area (Å²) >= 11 is 0. The van der Waals surface area contributed by atoms with Crippen LogP contribution in [-0.4, -0.2) is 82.8 Å². The maximum Gasteiger partial charge on any atom is 0.308 e. The number of likely N-dealkylation sites (N-methyl/N-ethyl adjacent to an activating group) is 1. The van der Waals surface area contributed by atoms with Gasteiger partial charge in [0.2, 0.25) is 0 Å². The van der Waals surface area contributed by atoms with Gasteiger partial charge in [-0.1, -0.05) is 36.4 Å². The Kier molecular flexibility index (Phi) is 8.12. The largest absolute Gasteiger partial charge is 0.481 e. The fourth-order valence-electron chi connectivity index (χ4n) is 10.0. The second kappa shape index (κ2) is 12.4. The number of nitrogens with zero attached hydrogens (tertiary/aromatic N) is 3. The van der Waals surface area contributed by atoms with Crippen LogP contribution in [0.15, 0.2) is 73.5 Å². The van der Waals surface area contributed by atoms with Crippen molar-refractivity contribution in [2.24, 2.45) is 17.8 Å². The molecule has 9 nitrogen and oxygen atoms in total. The van der Waals surface area contributed by atoms with Crippen LogP contribution in [0.25, 0.3) is 10.9 Å². The normalized spacial score (nSPS) is 33.8. The van der Waals surface area contributed by atoms with Crippen LogP contribution in [0.1, 0.15) is 55.9 Å². The van der Waals surface area contributed by atoms with Gasteiger partial charge < -0.3 is 24.2 Å². The average molecular weight is 664 g/mol. The molecule has 0 unspecified atom stereocenters. The quantitative estimate of drug-likeness (QED) is 0.226. The molecule has 0 radical (unpaired) electrons. The maximum absolute atomic E-state index is 11.7. The lowest BCUT2D eigenvalue weighted by Crippen LogP contribution is -2.65. The number of aliphatic hydroxyl groups is 1. The van der Waals surface area contributed by atoms with Gasteiger partial charge in [-0.2, -0.15) is 0 Å². The number of hydrogen-bond acceptors (Lipinski definition) is 9. The van der Waals surface area contributed by atoms with Crippen LogP contribution in [0.2, 0.25) is 0 Å². The van der Waals surface area contributed by atoms with E-state index in [0.717, 1.165) is 60.9 Å². The predicted molar refractivity (Wildman–Crippen MR) is 185 cm³/mol. The number of fused-ring (bicyclic) bond motifs is 4. The van der Waals surface area contributed by atoms with Gasteiger partial charge in [-0.3, -0.25) is 19.5 Å². The minimum absolute atomic E-state index is 0.223. The van der Waals surface area contributed by atoms with Crippen LogP contribution >= 0.6 is 0 Å². The number of pyridine rings is 1. The van der Waals surface area contributed by atoms with E-state index in [9.17, 15) is 14.7 Å². The third-order valence-corrected chi connectivity index (χ3v) is 12.2. The standard InChI is InChI=1S/C21H23NO5.C19H22N2O/c1-11(23)25-16-6-4-13-10-15-14-5-7-17(26-12(2)24)20-21(14,8-9-22(15)3)18(13)19(16)27-20;1-2-13-12-21-10-8-14(13)11-18(21)19(22)16-7-9-20-17-6-4-3-5-15(16)17/h4-7,14-15,17,20H,8-10H2,1-3H3;2-7,9,13-14,18-19,22H,1,8,10-12H2/t14-,15+,17-,20-,21-;13-,14-,18-,19+/m00/s1. The molecule has 2 aromatic carbocycles. The zero-order chi connectivity index (χ0) is 34.0. The molecule has 1 N–H and O–H groups in total. The Balaban J connectivity index is 0.000000145. The lowest BCUT2D eigenvalue weighted by Gasteiger charge is -2.56. The summed E-state index contributed by atoms with van der Waals surface area (Å²) in [5.41, 5.74) is 4.12. The van der Waals surface area contributed by atoms with Crippen LogP contribution in [0.4, 0.5) is 0 Å². The minimum atomic E-state index is -0.443. The van der Waals surface area contributed by atoms with E-state index in [1.54, 1.807) is 0 Å². The van der Waals surface area contributed by atoms with Gasteiger partial charge >= 0.3 is 11.9 Å². The lowest BCUT2D eigenvalue weighted by atomic mass is 9.53. The van der Waals surface area contributed by atoms with Crippen LogP contribution in [0.5, 0.6) is 11.5 Å². The van der Waals surface area contributed by atoms with E-state index in [-0.39, 0.29) is 35.4 Å². The minimum Gasteiger partial charge on any atom is -0.481 e. The number of aromatic nitrogens is 1. The van der Waals surface area contributed by atoms with Gasteiger partial charge in [-0.15, -0.1) is 6.58 Å². The first kappa shape index (κ1) is 32.2. The van der Waals surface area contributed by atoms with Gasteiger partial charge in [-0.05, 0) is 93.1 Å². The van der Waals surface area contributed by atoms with Crippen LogP contribution in [0.3, 0.4) is 0 Å². The van der Waals surface area contributed by atoms with E-state index in [0.29, 0.717) is 29.4 Å². The van der Waals surface area contributed by atoms with Crippen LogP contribution < -0.4 is 9.47 Å². The summed E-state index contributed by atoms with van der Waals surface area (Å²) < 4.78 is 17.5. The van der Waals surface area contributed by atoms with Gasteiger partial charge in [0.25, 0.3) is 0 Å². The van der Waals surface area contributed by atoms with Gasteiger partial charge in [-0.25, -0.2) is 0 Å². The molecule has 4 saturated heterocycles. The number of likely N-dealkylation sites (tertiary alicyclic amines) is 1. The number of piperidine rings is 4. The predicted octanol–water partition coefficient (Wildman–Crippen LogP) is 5.15. The maximum atomic E-state index is 11.7. The van der Waals surface area contributed by atoms with E-state index in [1.807, 2.05) is 42.6 Å². The summed E-state index contributed by atoms with van der Waals surface area (Å²) in [6.45, 7) is 9.89. The molecule has 10 rings (SSSR count). The Labute approximate surface area is 287 Å². The Morgan fingerprint density at radius 1 is 1.12 bits per heavy atom. The summed E-state index contributed by atoms with van der Waals surface area (Å²) in [6, 6.07) is 14.5. The van der Waals surface area contributed by atoms with Gasteiger partial charge in [0.05, 0.1) is 11.6 Å². The first-order valence-corrected chi connectivity index (χ1v) is 17.6. The summed E-state index contributed by atoms with van der Waals surface area (Å²) in [5, 5.41) is 12.1. The van der Waals surface area contributed by atoms with Crippen LogP contribution in [-0.2, 0) is 26.2 Å². The Bertz CT molecular complexity index is 1840. The van der Waals surface area contributed by atoms with E-state index in [4.69, 9.17) is 14.2 Å². The second-order valence-electron chi connectivity index (χ2n) is 14.7. The summed E-state index contributed by atoms with van der Waals surface area (Å²) in [6.07, 6.45) is 11.1. The average Bonchev–Trinajstić information content (AvgIpc) is 3.46. The summed E-state index contributed by atoms with van der Waals surface area (Å²) in [7, 11) is 2.17. The summed E-state index contributed by atoms with van der Waals surface area (Å²) in [5.74, 6) is 1.98. The monoisotopic (exact) mass is 663 g/mol. The molecular weight excluding hydrogens is 618 g/mol. The smallest absolute Gasteiger partial charge is 0.308 e. The van der Waals surface area contributed by atoms with Crippen LogP contribution in [0, 0.1) is 17.8 Å². The first-order chi connectivity index (χ1) is 23.7. The van der Waals surface area contributed by atoms with Crippen molar-refractivity contribution in [3.63, 3.8) is 0 Å². The highest BCUT2D eigenvalue weighted by atomic mass is 16.6. The molecule has 9 heteroatoms. The van der Waals surface area contributed by atoms with Gasteiger partial charge in [0.1, 0.15) is 6.10 Å². The van der Waals surface area contributed by atoms with Crippen molar-refractivity contribution in [3.8, 4) is 11.5 Å². The highest BCUT2D eigenvalue weighted by Gasteiger charge is 2.65. The van der Waals surface area contributed by atoms with Crippen molar-refractivity contribution < 1.29 is 28.9 Å². The highest BCUT2D eigenvalue weighted by molar-refractivity contribution is 5.82. The molecule has 0 saturated carbocycles.